The smallest absolute Gasteiger partial charge is 0.0862 e. The van der Waals surface area contributed by atoms with E-state index in [0.29, 0.717) is 19.1 Å². The molecule has 24 heavy (non-hydrogen) atoms. The molecule has 1 aliphatic heterocycles. The highest BCUT2D eigenvalue weighted by molar-refractivity contribution is 6.31. The summed E-state index contributed by atoms with van der Waals surface area (Å²) in [6.07, 6.45) is 3.23. The topological polar surface area (TPSA) is 44.5 Å². The first-order valence-corrected chi connectivity index (χ1v) is 8.87. The number of rotatable bonds is 6. The molecule has 5 nitrogen and oxygen atoms in total. The van der Waals surface area contributed by atoms with E-state index in [1.165, 1.54) is 5.56 Å². The summed E-state index contributed by atoms with van der Waals surface area (Å²) in [7, 11) is 0. The van der Waals surface area contributed by atoms with Crippen LogP contribution in [0.2, 0.25) is 5.02 Å². The summed E-state index contributed by atoms with van der Waals surface area (Å²) >= 11 is 6.33. The molecule has 0 bridgehead atoms. The van der Waals surface area contributed by atoms with Crippen LogP contribution in [-0.4, -0.2) is 63.5 Å². The van der Waals surface area contributed by atoms with E-state index in [9.17, 15) is 5.11 Å². The molecule has 1 saturated heterocycles. The minimum absolute atomic E-state index is 0.315. The van der Waals surface area contributed by atoms with Crippen LogP contribution in [0.3, 0.4) is 0 Å². The molecule has 0 unspecified atom stereocenters. The summed E-state index contributed by atoms with van der Waals surface area (Å²) in [5.74, 6) is 0. The van der Waals surface area contributed by atoms with Crippen LogP contribution in [-0.2, 0) is 6.54 Å². The number of β-amino-alcohol motifs (C(OH)–C–C–N with tert-alkyl or cyclic N) is 1. The zero-order valence-corrected chi connectivity index (χ0v) is 14.8. The van der Waals surface area contributed by atoms with Crippen LogP contribution in [0.5, 0.6) is 0 Å². The summed E-state index contributed by atoms with van der Waals surface area (Å²) in [5, 5.41) is 15.2. The number of halogens is 1. The van der Waals surface area contributed by atoms with Gasteiger partial charge in [-0.05, 0) is 24.6 Å². The van der Waals surface area contributed by atoms with E-state index in [1.807, 2.05) is 30.5 Å². The fourth-order valence-corrected chi connectivity index (χ4v) is 3.62. The average molecular weight is 349 g/mol. The molecule has 1 aromatic carbocycles. The van der Waals surface area contributed by atoms with Crippen LogP contribution in [0.4, 0.5) is 0 Å². The normalized spacial score (nSPS) is 19.3. The third-order valence-electron chi connectivity index (χ3n) is 4.74. The van der Waals surface area contributed by atoms with E-state index in [-0.39, 0.29) is 0 Å². The Bertz CT molecular complexity index is 626. The Hall–Kier alpha value is -1.40. The number of piperazine rings is 1. The van der Waals surface area contributed by atoms with Crippen molar-refractivity contribution in [2.45, 2.75) is 25.6 Å². The Morgan fingerprint density at radius 3 is 2.54 bits per heavy atom. The molecule has 0 radical (unpaired) electrons. The van der Waals surface area contributed by atoms with Crippen LogP contribution in [0.25, 0.3) is 0 Å². The molecule has 0 spiro atoms. The quantitative estimate of drug-likeness (QED) is 0.869. The molecule has 2 aromatic rings. The highest BCUT2D eigenvalue weighted by Crippen LogP contribution is 2.27. The maximum absolute atomic E-state index is 10.2. The first-order valence-electron chi connectivity index (χ1n) is 8.50. The highest BCUT2D eigenvalue weighted by Gasteiger charge is 2.24. The molecule has 1 aromatic heterocycles. The van der Waals surface area contributed by atoms with Gasteiger partial charge >= 0.3 is 0 Å². The number of benzene rings is 1. The molecule has 1 N–H and O–H groups in total. The van der Waals surface area contributed by atoms with E-state index in [1.54, 1.807) is 10.9 Å². The van der Waals surface area contributed by atoms with Gasteiger partial charge in [-0.2, -0.15) is 5.10 Å². The predicted octanol–water partition coefficient (Wildman–Crippen LogP) is 2.28. The maximum Gasteiger partial charge on any atom is 0.0862 e. The van der Waals surface area contributed by atoms with Crippen molar-refractivity contribution in [3.8, 4) is 0 Å². The van der Waals surface area contributed by atoms with Crippen LogP contribution >= 0.6 is 11.6 Å². The molecule has 130 valence electrons. The van der Waals surface area contributed by atoms with Gasteiger partial charge in [0.05, 0.1) is 12.6 Å². The standard InChI is InChI=1S/C18H25ClN4O/c1-15(17-5-2-3-6-18(17)19)22-11-9-21(10-12-22)13-16(24)14-23-8-4-7-20-23/h2-8,15-16,24H,9-14H2,1H3/t15-,16+/m1/s1. The van der Waals surface area contributed by atoms with E-state index < -0.39 is 6.10 Å². The lowest BCUT2D eigenvalue weighted by atomic mass is 10.1. The minimum Gasteiger partial charge on any atom is -0.390 e. The lowest BCUT2D eigenvalue weighted by Gasteiger charge is -2.39. The fourth-order valence-electron chi connectivity index (χ4n) is 3.32. The number of aromatic nitrogens is 2. The molecular weight excluding hydrogens is 324 g/mol. The van der Waals surface area contributed by atoms with E-state index >= 15 is 0 Å². The van der Waals surface area contributed by atoms with Crippen molar-refractivity contribution in [1.82, 2.24) is 19.6 Å². The van der Waals surface area contributed by atoms with E-state index in [4.69, 9.17) is 11.6 Å². The van der Waals surface area contributed by atoms with Crippen molar-refractivity contribution < 1.29 is 5.11 Å². The Morgan fingerprint density at radius 1 is 1.12 bits per heavy atom. The molecule has 1 aliphatic rings. The van der Waals surface area contributed by atoms with Crippen molar-refractivity contribution in [3.05, 3.63) is 53.3 Å². The molecular formula is C18H25ClN4O. The van der Waals surface area contributed by atoms with Crippen LogP contribution < -0.4 is 0 Å². The van der Waals surface area contributed by atoms with Crippen molar-refractivity contribution in [3.63, 3.8) is 0 Å². The molecule has 0 amide bonds. The molecule has 1 fully saturated rings. The van der Waals surface area contributed by atoms with Gasteiger partial charge in [-0.15, -0.1) is 0 Å². The summed E-state index contributed by atoms with van der Waals surface area (Å²) < 4.78 is 1.78. The lowest BCUT2D eigenvalue weighted by molar-refractivity contribution is 0.0513. The van der Waals surface area contributed by atoms with Crippen molar-refractivity contribution in [2.75, 3.05) is 32.7 Å². The maximum atomic E-state index is 10.2. The van der Waals surface area contributed by atoms with E-state index in [0.717, 1.165) is 31.2 Å². The second-order valence-corrected chi connectivity index (χ2v) is 6.82. The average Bonchev–Trinajstić information content (AvgIpc) is 3.08. The number of hydrogen-bond donors (Lipinski definition) is 1. The highest BCUT2D eigenvalue weighted by atomic mass is 35.5. The van der Waals surface area contributed by atoms with Gasteiger partial charge in [0.15, 0.2) is 0 Å². The van der Waals surface area contributed by atoms with Crippen LogP contribution in [0.1, 0.15) is 18.5 Å². The molecule has 2 heterocycles. The summed E-state index contributed by atoms with van der Waals surface area (Å²) in [4.78, 5) is 4.78. The predicted molar refractivity (Wildman–Crippen MR) is 96.1 cm³/mol. The Kier molecular flexibility index (Phi) is 5.89. The number of aliphatic hydroxyl groups excluding tert-OH is 1. The zero-order chi connectivity index (χ0) is 16.9. The second-order valence-electron chi connectivity index (χ2n) is 6.42. The Labute approximate surface area is 148 Å². The Morgan fingerprint density at radius 2 is 1.88 bits per heavy atom. The van der Waals surface area contributed by atoms with Gasteiger partial charge in [0.1, 0.15) is 0 Å². The number of hydrogen-bond acceptors (Lipinski definition) is 4. The molecule has 3 rings (SSSR count). The largest absolute Gasteiger partial charge is 0.390 e. The monoisotopic (exact) mass is 348 g/mol. The summed E-state index contributed by atoms with van der Waals surface area (Å²) in [6.45, 7) is 7.35. The van der Waals surface area contributed by atoms with Crippen molar-refractivity contribution >= 4 is 11.6 Å². The minimum atomic E-state index is -0.391. The van der Waals surface area contributed by atoms with Gasteiger partial charge in [0.25, 0.3) is 0 Å². The molecule has 6 heteroatoms. The van der Waals surface area contributed by atoms with E-state index in [2.05, 4.69) is 27.9 Å². The second kappa shape index (κ2) is 8.12. The molecule has 2 atom stereocenters. The third kappa shape index (κ3) is 4.36. The van der Waals surface area contributed by atoms with Crippen LogP contribution in [0, 0.1) is 0 Å². The van der Waals surface area contributed by atoms with Gasteiger partial charge < -0.3 is 5.11 Å². The first-order chi connectivity index (χ1) is 11.6. The van der Waals surface area contributed by atoms with Gasteiger partial charge in [-0.25, -0.2) is 0 Å². The van der Waals surface area contributed by atoms with Gasteiger partial charge in [-0.3, -0.25) is 14.5 Å². The SMILES string of the molecule is C[C@H](c1ccccc1Cl)N1CCN(C[C@H](O)Cn2cccn2)CC1. The summed E-state index contributed by atoms with van der Waals surface area (Å²) in [6, 6.07) is 10.3. The molecule has 0 saturated carbocycles. The fraction of sp³-hybridized carbons (Fsp3) is 0.500. The van der Waals surface area contributed by atoms with Gasteiger partial charge in [0.2, 0.25) is 0 Å². The van der Waals surface area contributed by atoms with Crippen LogP contribution in [0.15, 0.2) is 42.7 Å². The lowest BCUT2D eigenvalue weighted by Crippen LogP contribution is -2.49. The van der Waals surface area contributed by atoms with Gasteiger partial charge in [0, 0.05) is 56.2 Å². The zero-order valence-electron chi connectivity index (χ0n) is 14.1. The summed E-state index contributed by atoms with van der Waals surface area (Å²) in [5.41, 5.74) is 1.19. The third-order valence-corrected chi connectivity index (χ3v) is 5.08. The Balaban J connectivity index is 1.48. The van der Waals surface area contributed by atoms with Gasteiger partial charge in [-0.1, -0.05) is 29.8 Å². The molecule has 0 aliphatic carbocycles. The number of nitrogens with zero attached hydrogens (tertiary/aromatic N) is 4. The number of aliphatic hydroxyl groups is 1. The van der Waals surface area contributed by atoms with Crippen molar-refractivity contribution in [2.24, 2.45) is 0 Å². The van der Waals surface area contributed by atoms with Crippen molar-refractivity contribution in [1.29, 1.82) is 0 Å². The first kappa shape index (κ1) is 17.4.